The average molecular weight is 326 g/mol. The first-order valence-electron chi connectivity index (χ1n) is 6.81. The van der Waals surface area contributed by atoms with Crippen LogP contribution in [0.2, 0.25) is 0 Å². The van der Waals surface area contributed by atoms with E-state index in [2.05, 4.69) is 11.4 Å². The van der Waals surface area contributed by atoms with E-state index in [1.165, 1.54) is 17.8 Å². The molecule has 0 aliphatic heterocycles. The number of carbonyl (C=O) groups excluding carboxylic acids is 1. The number of nitriles is 1. The van der Waals surface area contributed by atoms with Crippen LogP contribution in [0, 0.1) is 11.3 Å². The second-order valence-electron chi connectivity index (χ2n) is 4.67. The predicted molar refractivity (Wildman–Crippen MR) is 88.5 cm³/mol. The summed E-state index contributed by atoms with van der Waals surface area (Å²) in [4.78, 5) is 23.6. The SMILES string of the molecule is N#CCc1ccc(NC(=O)CSc2ccccc2C(=O)O)cc1. The lowest BCUT2D eigenvalue weighted by molar-refractivity contribution is -0.113. The van der Waals surface area contributed by atoms with E-state index < -0.39 is 5.97 Å². The number of benzene rings is 2. The van der Waals surface area contributed by atoms with Gasteiger partial charge in [0, 0.05) is 10.6 Å². The third-order valence-corrected chi connectivity index (χ3v) is 4.07. The third-order valence-electron chi connectivity index (χ3n) is 3.00. The number of anilines is 1. The number of rotatable bonds is 6. The minimum Gasteiger partial charge on any atom is -0.478 e. The van der Waals surface area contributed by atoms with E-state index in [1.807, 2.05) is 0 Å². The molecule has 0 atom stereocenters. The summed E-state index contributed by atoms with van der Waals surface area (Å²) in [6.07, 6.45) is 0.329. The summed E-state index contributed by atoms with van der Waals surface area (Å²) in [7, 11) is 0. The summed E-state index contributed by atoms with van der Waals surface area (Å²) in [5, 5.41) is 20.4. The maximum atomic E-state index is 11.9. The molecule has 0 bridgehead atoms. The molecule has 0 aromatic heterocycles. The van der Waals surface area contributed by atoms with Crippen molar-refractivity contribution in [1.82, 2.24) is 0 Å². The van der Waals surface area contributed by atoms with Gasteiger partial charge in [0.25, 0.3) is 0 Å². The molecule has 2 N–H and O–H groups in total. The molecule has 0 heterocycles. The van der Waals surface area contributed by atoms with Gasteiger partial charge in [-0.1, -0.05) is 24.3 Å². The first-order chi connectivity index (χ1) is 11.1. The maximum absolute atomic E-state index is 11.9. The molecule has 5 nitrogen and oxygen atoms in total. The molecule has 116 valence electrons. The molecule has 0 fully saturated rings. The number of nitrogens with zero attached hydrogens (tertiary/aromatic N) is 1. The number of thioether (sulfide) groups is 1. The number of hydrogen-bond acceptors (Lipinski definition) is 4. The van der Waals surface area contributed by atoms with Crippen LogP contribution in [0.3, 0.4) is 0 Å². The second kappa shape index (κ2) is 8.01. The van der Waals surface area contributed by atoms with Crippen LogP contribution in [0.5, 0.6) is 0 Å². The van der Waals surface area contributed by atoms with E-state index in [4.69, 9.17) is 10.4 Å². The van der Waals surface area contributed by atoms with Crippen molar-refractivity contribution in [3.8, 4) is 6.07 Å². The average Bonchev–Trinajstić information content (AvgIpc) is 2.55. The standard InChI is InChI=1S/C17H14N2O3S/c18-10-9-12-5-7-13(8-6-12)19-16(20)11-23-15-4-2-1-3-14(15)17(21)22/h1-8H,9,11H2,(H,19,20)(H,21,22). The van der Waals surface area contributed by atoms with E-state index in [0.717, 1.165) is 5.56 Å². The Balaban J connectivity index is 1.93. The van der Waals surface area contributed by atoms with E-state index in [-0.39, 0.29) is 17.2 Å². The van der Waals surface area contributed by atoms with Gasteiger partial charge in [-0.05, 0) is 29.8 Å². The molecule has 2 aromatic carbocycles. The highest BCUT2D eigenvalue weighted by Crippen LogP contribution is 2.23. The highest BCUT2D eigenvalue weighted by molar-refractivity contribution is 8.00. The number of amides is 1. The Morgan fingerprint density at radius 1 is 1.13 bits per heavy atom. The molecule has 0 unspecified atom stereocenters. The number of carbonyl (C=O) groups is 2. The normalized spacial score (nSPS) is 9.87. The van der Waals surface area contributed by atoms with Gasteiger partial charge >= 0.3 is 5.97 Å². The van der Waals surface area contributed by atoms with Crippen LogP contribution < -0.4 is 5.32 Å². The summed E-state index contributed by atoms with van der Waals surface area (Å²) in [6.45, 7) is 0. The monoisotopic (exact) mass is 326 g/mol. The van der Waals surface area contributed by atoms with Gasteiger partial charge in [0.05, 0.1) is 23.8 Å². The van der Waals surface area contributed by atoms with Crippen molar-refractivity contribution in [1.29, 1.82) is 5.26 Å². The fourth-order valence-corrected chi connectivity index (χ4v) is 2.75. The van der Waals surface area contributed by atoms with Gasteiger partial charge in [0.2, 0.25) is 5.91 Å². The number of hydrogen-bond donors (Lipinski definition) is 2. The lowest BCUT2D eigenvalue weighted by Crippen LogP contribution is -2.14. The summed E-state index contributed by atoms with van der Waals surface area (Å²) in [5.41, 5.74) is 1.71. The second-order valence-corrected chi connectivity index (χ2v) is 5.69. The minimum atomic E-state index is -1.01. The Kier molecular flexibility index (Phi) is 5.78. The van der Waals surface area contributed by atoms with Crippen LogP contribution >= 0.6 is 11.8 Å². The lowest BCUT2D eigenvalue weighted by atomic mass is 10.1. The van der Waals surface area contributed by atoms with Gasteiger partial charge < -0.3 is 10.4 Å². The van der Waals surface area contributed by atoms with Crippen molar-refractivity contribution in [2.75, 3.05) is 11.1 Å². The van der Waals surface area contributed by atoms with Crippen molar-refractivity contribution in [2.45, 2.75) is 11.3 Å². The first kappa shape index (κ1) is 16.6. The smallest absolute Gasteiger partial charge is 0.336 e. The van der Waals surface area contributed by atoms with Crippen molar-refractivity contribution in [3.05, 3.63) is 59.7 Å². The molecular formula is C17H14N2O3S. The van der Waals surface area contributed by atoms with E-state index in [1.54, 1.807) is 42.5 Å². The van der Waals surface area contributed by atoms with Crippen molar-refractivity contribution in [3.63, 3.8) is 0 Å². The van der Waals surface area contributed by atoms with Crippen LogP contribution in [-0.4, -0.2) is 22.7 Å². The minimum absolute atomic E-state index is 0.115. The number of carboxylic acids is 1. The number of aromatic carboxylic acids is 1. The van der Waals surface area contributed by atoms with Crippen LogP contribution in [-0.2, 0) is 11.2 Å². The van der Waals surface area contributed by atoms with Crippen LogP contribution in [0.15, 0.2) is 53.4 Å². The Morgan fingerprint density at radius 3 is 2.48 bits per heavy atom. The van der Waals surface area contributed by atoms with E-state index in [0.29, 0.717) is 17.0 Å². The summed E-state index contributed by atoms with van der Waals surface area (Å²) in [5.74, 6) is -1.12. The Hall–Kier alpha value is -2.78. The quantitative estimate of drug-likeness (QED) is 0.796. The highest BCUT2D eigenvalue weighted by atomic mass is 32.2. The van der Waals surface area contributed by atoms with Crippen LogP contribution in [0.4, 0.5) is 5.69 Å². The topological polar surface area (TPSA) is 90.2 Å². The third kappa shape index (κ3) is 4.87. The van der Waals surface area contributed by atoms with Crippen molar-refractivity contribution >= 4 is 29.3 Å². The fourth-order valence-electron chi connectivity index (χ4n) is 1.91. The molecule has 1 amide bonds. The summed E-state index contributed by atoms with van der Waals surface area (Å²) < 4.78 is 0. The zero-order valence-corrected chi connectivity index (χ0v) is 13.0. The highest BCUT2D eigenvalue weighted by Gasteiger charge is 2.11. The Morgan fingerprint density at radius 2 is 1.83 bits per heavy atom. The maximum Gasteiger partial charge on any atom is 0.336 e. The summed E-state index contributed by atoms with van der Waals surface area (Å²) >= 11 is 1.18. The molecule has 0 aliphatic carbocycles. The molecular weight excluding hydrogens is 312 g/mol. The Labute approximate surface area is 137 Å². The molecule has 0 spiro atoms. The zero-order chi connectivity index (χ0) is 16.7. The molecule has 0 radical (unpaired) electrons. The number of carboxylic acid groups (broad SMARTS) is 1. The van der Waals surface area contributed by atoms with Crippen molar-refractivity contribution < 1.29 is 14.7 Å². The van der Waals surface area contributed by atoms with Crippen molar-refractivity contribution in [2.24, 2.45) is 0 Å². The molecule has 6 heteroatoms. The van der Waals surface area contributed by atoms with Gasteiger partial charge in [-0.2, -0.15) is 5.26 Å². The summed E-state index contributed by atoms with van der Waals surface area (Å²) in [6, 6.07) is 15.7. The fraction of sp³-hybridized carbons (Fsp3) is 0.118. The van der Waals surface area contributed by atoms with E-state index >= 15 is 0 Å². The van der Waals surface area contributed by atoms with E-state index in [9.17, 15) is 9.59 Å². The van der Waals surface area contributed by atoms with Gasteiger partial charge in [0.15, 0.2) is 0 Å². The van der Waals surface area contributed by atoms with Crippen LogP contribution in [0.25, 0.3) is 0 Å². The molecule has 0 aliphatic rings. The lowest BCUT2D eigenvalue weighted by Gasteiger charge is -2.07. The van der Waals surface area contributed by atoms with Gasteiger partial charge in [-0.3, -0.25) is 4.79 Å². The molecule has 2 rings (SSSR count). The van der Waals surface area contributed by atoms with Gasteiger partial charge in [-0.15, -0.1) is 11.8 Å². The molecule has 0 saturated carbocycles. The Bertz CT molecular complexity index is 751. The first-order valence-corrected chi connectivity index (χ1v) is 7.79. The molecule has 0 saturated heterocycles. The van der Waals surface area contributed by atoms with Gasteiger partial charge in [0.1, 0.15) is 0 Å². The number of nitrogens with one attached hydrogen (secondary N) is 1. The largest absolute Gasteiger partial charge is 0.478 e. The van der Waals surface area contributed by atoms with Gasteiger partial charge in [-0.25, -0.2) is 4.79 Å². The van der Waals surface area contributed by atoms with Crippen LogP contribution in [0.1, 0.15) is 15.9 Å². The molecule has 23 heavy (non-hydrogen) atoms. The zero-order valence-electron chi connectivity index (χ0n) is 12.2. The molecule has 2 aromatic rings. The predicted octanol–water partition coefficient (Wildman–Crippen LogP) is 3.18.